The molecular weight excluding hydrogens is 603 g/mol. The van der Waals surface area contributed by atoms with E-state index in [1.54, 1.807) is 0 Å². The molecule has 9 rings (SSSR count). The van der Waals surface area contributed by atoms with Gasteiger partial charge in [-0.15, -0.1) is 0 Å². The van der Waals surface area contributed by atoms with Gasteiger partial charge in [0, 0.05) is 16.5 Å². The van der Waals surface area contributed by atoms with Gasteiger partial charge in [0.05, 0.1) is 11.0 Å². The highest BCUT2D eigenvalue weighted by molar-refractivity contribution is 6.11. The van der Waals surface area contributed by atoms with E-state index in [9.17, 15) is 0 Å². The van der Waals surface area contributed by atoms with Gasteiger partial charge in [-0.3, -0.25) is 0 Å². The minimum absolute atomic E-state index is 0.847. The second kappa shape index (κ2) is 12.9. The topological polar surface area (TPSA) is 4.93 Å². The highest BCUT2D eigenvalue weighted by atomic mass is 15.0. The SMILES string of the molecule is C(=C(\Cc1ccc(-c2ccc3c(c2)c2cc(-c4ccccc4)ccc2n3-c2ccccc2)cc1)c1ccccc1)/c1cccc2ccccc12. The molecule has 8 aromatic carbocycles. The zero-order chi connectivity index (χ0) is 33.3. The molecule has 0 amide bonds. The first-order valence-electron chi connectivity index (χ1n) is 17.3. The van der Waals surface area contributed by atoms with Crippen LogP contribution >= 0.6 is 0 Å². The highest BCUT2D eigenvalue weighted by Gasteiger charge is 2.15. The fourth-order valence-corrected chi connectivity index (χ4v) is 7.36. The van der Waals surface area contributed by atoms with Crippen LogP contribution in [0.15, 0.2) is 194 Å². The van der Waals surface area contributed by atoms with Crippen LogP contribution in [0.4, 0.5) is 0 Å². The summed E-state index contributed by atoms with van der Waals surface area (Å²) in [6.45, 7) is 0. The molecule has 236 valence electrons. The third kappa shape index (κ3) is 5.59. The van der Waals surface area contributed by atoms with Crippen LogP contribution in [-0.4, -0.2) is 4.57 Å². The van der Waals surface area contributed by atoms with Crippen molar-refractivity contribution in [2.24, 2.45) is 0 Å². The molecule has 0 saturated heterocycles. The summed E-state index contributed by atoms with van der Waals surface area (Å²) in [6.07, 6.45) is 3.21. The predicted molar refractivity (Wildman–Crippen MR) is 214 cm³/mol. The molecule has 9 aromatic rings. The molecule has 0 aliphatic rings. The average Bonchev–Trinajstić information content (AvgIpc) is 3.52. The van der Waals surface area contributed by atoms with Crippen LogP contribution in [0.3, 0.4) is 0 Å². The van der Waals surface area contributed by atoms with Crippen LogP contribution in [0.25, 0.3) is 72.2 Å². The molecule has 1 heterocycles. The molecule has 1 aromatic heterocycles. The lowest BCUT2D eigenvalue weighted by Gasteiger charge is -2.11. The summed E-state index contributed by atoms with van der Waals surface area (Å²) >= 11 is 0. The standard InChI is InChI=1S/C49H35N/c1-4-13-36(14-5-1)40-27-29-48-46(33-40)47-34-41(28-30-49(47)50(48)44-20-8-3-9-21-44)38-25-23-35(24-26-38)31-43(37-15-6-2-7-16-37)32-42-19-12-18-39-17-10-11-22-45(39)42/h1-30,32-34H,31H2/b43-32-. The van der Waals surface area contributed by atoms with E-state index in [0.29, 0.717) is 0 Å². The van der Waals surface area contributed by atoms with Gasteiger partial charge in [0.15, 0.2) is 0 Å². The Morgan fingerprint density at radius 2 is 0.960 bits per heavy atom. The van der Waals surface area contributed by atoms with Gasteiger partial charge in [0.1, 0.15) is 0 Å². The molecule has 0 fully saturated rings. The second-order valence-corrected chi connectivity index (χ2v) is 13.0. The number of allylic oxidation sites excluding steroid dienone is 1. The summed E-state index contributed by atoms with van der Waals surface area (Å²) in [5.41, 5.74) is 13.6. The van der Waals surface area contributed by atoms with Crippen LogP contribution in [0, 0.1) is 0 Å². The van der Waals surface area contributed by atoms with E-state index in [1.807, 2.05) is 0 Å². The van der Waals surface area contributed by atoms with Crippen molar-refractivity contribution in [2.45, 2.75) is 6.42 Å². The number of hydrogen-bond acceptors (Lipinski definition) is 0. The largest absolute Gasteiger partial charge is 0.309 e. The van der Waals surface area contributed by atoms with Crippen molar-refractivity contribution in [3.05, 3.63) is 211 Å². The van der Waals surface area contributed by atoms with E-state index >= 15 is 0 Å². The summed E-state index contributed by atoms with van der Waals surface area (Å²) < 4.78 is 2.39. The molecule has 0 saturated carbocycles. The molecule has 0 atom stereocenters. The van der Waals surface area contributed by atoms with Gasteiger partial charge >= 0.3 is 0 Å². The van der Waals surface area contributed by atoms with Crippen LogP contribution in [0.1, 0.15) is 16.7 Å². The monoisotopic (exact) mass is 637 g/mol. The summed E-state index contributed by atoms with van der Waals surface area (Å²) in [5.74, 6) is 0. The van der Waals surface area contributed by atoms with E-state index < -0.39 is 0 Å². The maximum absolute atomic E-state index is 2.39. The number of fused-ring (bicyclic) bond motifs is 4. The molecule has 0 spiro atoms. The Bertz CT molecular complexity index is 2620. The van der Waals surface area contributed by atoms with Crippen molar-refractivity contribution in [1.29, 1.82) is 0 Å². The fraction of sp³-hybridized carbons (Fsp3) is 0.0204. The Morgan fingerprint density at radius 1 is 0.420 bits per heavy atom. The van der Waals surface area contributed by atoms with E-state index in [-0.39, 0.29) is 0 Å². The van der Waals surface area contributed by atoms with E-state index in [4.69, 9.17) is 0 Å². The maximum atomic E-state index is 2.39. The third-order valence-corrected chi connectivity index (χ3v) is 9.87. The number of rotatable bonds is 7. The van der Waals surface area contributed by atoms with E-state index in [1.165, 1.54) is 82.8 Å². The number of benzene rings is 8. The zero-order valence-corrected chi connectivity index (χ0v) is 27.7. The van der Waals surface area contributed by atoms with Crippen molar-refractivity contribution in [3.8, 4) is 27.9 Å². The van der Waals surface area contributed by atoms with Crippen molar-refractivity contribution >= 4 is 44.2 Å². The number of nitrogens with zero attached hydrogens (tertiary/aromatic N) is 1. The molecule has 1 heteroatoms. The molecule has 0 radical (unpaired) electrons. The molecule has 0 bridgehead atoms. The summed E-state index contributed by atoms with van der Waals surface area (Å²) in [5, 5.41) is 5.05. The van der Waals surface area contributed by atoms with Crippen molar-refractivity contribution < 1.29 is 0 Å². The summed E-state index contributed by atoms with van der Waals surface area (Å²) in [4.78, 5) is 0. The second-order valence-electron chi connectivity index (χ2n) is 13.0. The first kappa shape index (κ1) is 29.7. The minimum atomic E-state index is 0.847. The normalized spacial score (nSPS) is 11.8. The maximum Gasteiger partial charge on any atom is 0.0541 e. The molecule has 0 N–H and O–H groups in total. The first-order chi connectivity index (χ1) is 24.8. The third-order valence-electron chi connectivity index (χ3n) is 9.87. The lowest BCUT2D eigenvalue weighted by molar-refractivity contribution is 1.18. The van der Waals surface area contributed by atoms with Gasteiger partial charge in [-0.25, -0.2) is 0 Å². The van der Waals surface area contributed by atoms with E-state index in [0.717, 1.165) is 6.42 Å². The highest BCUT2D eigenvalue weighted by Crippen LogP contribution is 2.37. The minimum Gasteiger partial charge on any atom is -0.309 e. The number of hydrogen-bond donors (Lipinski definition) is 0. The Labute approximate surface area is 293 Å². The van der Waals surface area contributed by atoms with Crippen LogP contribution < -0.4 is 0 Å². The smallest absolute Gasteiger partial charge is 0.0541 e. The molecule has 1 nitrogen and oxygen atoms in total. The molecule has 0 aliphatic carbocycles. The van der Waals surface area contributed by atoms with Gasteiger partial charge in [0.2, 0.25) is 0 Å². The van der Waals surface area contributed by atoms with Crippen LogP contribution in [-0.2, 0) is 6.42 Å². The number of para-hydroxylation sites is 1. The van der Waals surface area contributed by atoms with Crippen LogP contribution in [0.5, 0.6) is 0 Å². The summed E-state index contributed by atoms with van der Waals surface area (Å²) in [6, 6.07) is 70.3. The lowest BCUT2D eigenvalue weighted by atomic mass is 9.93. The fourth-order valence-electron chi connectivity index (χ4n) is 7.36. The predicted octanol–water partition coefficient (Wildman–Crippen LogP) is 13.1. The Morgan fingerprint density at radius 3 is 1.64 bits per heavy atom. The Hall–Kier alpha value is -6.44. The van der Waals surface area contributed by atoms with E-state index in [2.05, 4.69) is 205 Å². The molecule has 50 heavy (non-hydrogen) atoms. The Balaban J connectivity index is 1.10. The van der Waals surface area contributed by atoms with Gasteiger partial charge in [-0.2, -0.15) is 0 Å². The summed E-state index contributed by atoms with van der Waals surface area (Å²) in [7, 11) is 0. The van der Waals surface area contributed by atoms with Gasteiger partial charge in [-0.1, -0.05) is 164 Å². The van der Waals surface area contributed by atoms with Gasteiger partial charge < -0.3 is 4.57 Å². The molecule has 0 aliphatic heterocycles. The van der Waals surface area contributed by atoms with Gasteiger partial charge in [-0.05, 0) is 98.1 Å². The quantitative estimate of drug-likeness (QED) is 0.153. The lowest BCUT2D eigenvalue weighted by Crippen LogP contribution is -1.93. The zero-order valence-electron chi connectivity index (χ0n) is 27.7. The van der Waals surface area contributed by atoms with Crippen LogP contribution in [0.2, 0.25) is 0 Å². The molecule has 0 unspecified atom stereocenters. The average molecular weight is 638 g/mol. The first-order valence-corrected chi connectivity index (χ1v) is 17.3. The Kier molecular flexibility index (Phi) is 7.64. The van der Waals surface area contributed by atoms with Crippen molar-refractivity contribution in [2.75, 3.05) is 0 Å². The number of aromatic nitrogens is 1. The van der Waals surface area contributed by atoms with Gasteiger partial charge in [0.25, 0.3) is 0 Å². The van der Waals surface area contributed by atoms with Crippen molar-refractivity contribution in [3.63, 3.8) is 0 Å². The van der Waals surface area contributed by atoms with Crippen molar-refractivity contribution in [1.82, 2.24) is 4.57 Å². The molecular formula is C49H35N.